The monoisotopic (exact) mass is 529 g/mol. The van der Waals surface area contributed by atoms with Crippen LogP contribution in [-0.2, 0) is 16.1 Å². The first-order valence-corrected chi connectivity index (χ1v) is 11.8. The summed E-state index contributed by atoms with van der Waals surface area (Å²) in [7, 11) is 1.24. The second-order valence-corrected chi connectivity index (χ2v) is 9.24. The Labute approximate surface area is 215 Å². The van der Waals surface area contributed by atoms with E-state index in [1.807, 2.05) is 0 Å². The zero-order chi connectivity index (χ0) is 27.8. The third-order valence-corrected chi connectivity index (χ3v) is 6.40. The molecule has 4 aromatic rings. The SMILES string of the molecule is COC(=O)c1cccc2c1[nH]c1c(=O)n(CC(=O)NC(C(C)C)C(O)C(F)(F)F)c(-c3ccccc3)cc12. The average molecular weight is 530 g/mol. The molecule has 3 N–H and O–H groups in total. The molecule has 0 fully saturated rings. The number of benzene rings is 2. The van der Waals surface area contributed by atoms with E-state index in [0.717, 1.165) is 4.57 Å². The fourth-order valence-corrected chi connectivity index (χ4v) is 4.49. The predicted molar refractivity (Wildman–Crippen MR) is 136 cm³/mol. The Balaban J connectivity index is 1.86. The number of rotatable bonds is 7. The molecule has 8 nitrogen and oxygen atoms in total. The van der Waals surface area contributed by atoms with Crippen LogP contribution in [0.2, 0.25) is 0 Å². The minimum atomic E-state index is -4.94. The van der Waals surface area contributed by atoms with Crippen LogP contribution in [0, 0.1) is 5.92 Å². The number of hydrogen-bond acceptors (Lipinski definition) is 5. The third kappa shape index (κ3) is 5.01. The number of aromatic amines is 1. The van der Waals surface area contributed by atoms with Crippen LogP contribution < -0.4 is 10.9 Å². The molecule has 2 atom stereocenters. The number of alkyl halides is 3. The van der Waals surface area contributed by atoms with Crippen LogP contribution >= 0.6 is 0 Å². The van der Waals surface area contributed by atoms with Crippen molar-refractivity contribution < 1.29 is 32.6 Å². The van der Waals surface area contributed by atoms with Crippen molar-refractivity contribution in [2.24, 2.45) is 5.92 Å². The number of ether oxygens (including phenoxy) is 1. The number of halogens is 3. The number of fused-ring (bicyclic) bond motifs is 3. The van der Waals surface area contributed by atoms with Gasteiger partial charge in [-0.2, -0.15) is 13.2 Å². The lowest BCUT2D eigenvalue weighted by Crippen LogP contribution is -2.53. The molecule has 2 aromatic carbocycles. The van der Waals surface area contributed by atoms with E-state index in [1.165, 1.54) is 21.0 Å². The van der Waals surface area contributed by atoms with Gasteiger partial charge in [0.2, 0.25) is 5.91 Å². The average Bonchev–Trinajstić information content (AvgIpc) is 3.26. The van der Waals surface area contributed by atoms with Gasteiger partial charge in [-0.25, -0.2) is 4.79 Å². The molecule has 0 aliphatic heterocycles. The number of esters is 1. The molecule has 0 aliphatic carbocycles. The number of carbonyl (C=O) groups is 2. The summed E-state index contributed by atoms with van der Waals surface area (Å²) in [4.78, 5) is 41.9. The number of carbonyl (C=O) groups excluding carboxylic acids is 2. The highest BCUT2D eigenvalue weighted by Crippen LogP contribution is 2.30. The number of hydrogen-bond donors (Lipinski definition) is 3. The first-order chi connectivity index (χ1) is 17.9. The maximum Gasteiger partial charge on any atom is 0.416 e. The summed E-state index contributed by atoms with van der Waals surface area (Å²) < 4.78 is 45.5. The number of amides is 1. The molecule has 4 rings (SSSR count). The Bertz CT molecular complexity index is 1560. The van der Waals surface area contributed by atoms with E-state index >= 15 is 0 Å². The summed E-state index contributed by atoms with van der Waals surface area (Å²) in [6, 6.07) is 13.7. The van der Waals surface area contributed by atoms with Crippen LogP contribution in [0.5, 0.6) is 0 Å². The summed E-state index contributed by atoms with van der Waals surface area (Å²) in [5, 5.41) is 13.1. The molecule has 2 aromatic heterocycles. The summed E-state index contributed by atoms with van der Waals surface area (Å²) in [5.74, 6) is -2.22. The van der Waals surface area contributed by atoms with Gasteiger partial charge < -0.3 is 20.1 Å². The van der Waals surface area contributed by atoms with Crippen molar-refractivity contribution in [2.75, 3.05) is 7.11 Å². The van der Waals surface area contributed by atoms with Crippen LogP contribution in [-0.4, -0.2) is 52.0 Å². The number of methoxy groups -OCH3 is 1. The highest BCUT2D eigenvalue weighted by molar-refractivity contribution is 6.14. The molecule has 0 bridgehead atoms. The molecule has 0 spiro atoms. The molecular weight excluding hydrogens is 503 g/mol. The van der Waals surface area contributed by atoms with E-state index in [9.17, 15) is 32.7 Å². The van der Waals surface area contributed by atoms with Gasteiger partial charge in [-0.05, 0) is 23.6 Å². The maximum atomic E-state index is 13.7. The van der Waals surface area contributed by atoms with Crippen molar-refractivity contribution in [3.8, 4) is 11.3 Å². The third-order valence-electron chi connectivity index (χ3n) is 6.40. The van der Waals surface area contributed by atoms with Gasteiger partial charge in [0.15, 0.2) is 6.10 Å². The molecule has 0 saturated heterocycles. The number of aromatic nitrogens is 2. The minimum Gasteiger partial charge on any atom is -0.465 e. The Morgan fingerprint density at radius 3 is 2.34 bits per heavy atom. The summed E-state index contributed by atoms with van der Waals surface area (Å²) in [6.07, 6.45) is -7.71. The smallest absolute Gasteiger partial charge is 0.416 e. The Morgan fingerprint density at radius 2 is 1.74 bits per heavy atom. The molecule has 2 heterocycles. The van der Waals surface area contributed by atoms with Crippen LogP contribution in [0.4, 0.5) is 13.2 Å². The normalized spacial score (nSPS) is 13.6. The fourth-order valence-electron chi connectivity index (χ4n) is 4.49. The van der Waals surface area contributed by atoms with E-state index in [-0.39, 0.29) is 11.1 Å². The van der Waals surface area contributed by atoms with Crippen molar-refractivity contribution >= 4 is 33.7 Å². The van der Waals surface area contributed by atoms with E-state index < -0.39 is 48.2 Å². The lowest BCUT2D eigenvalue weighted by molar-refractivity contribution is -0.215. The Morgan fingerprint density at radius 1 is 1.05 bits per heavy atom. The van der Waals surface area contributed by atoms with Crippen molar-refractivity contribution in [1.29, 1.82) is 0 Å². The van der Waals surface area contributed by atoms with Gasteiger partial charge in [0, 0.05) is 10.8 Å². The van der Waals surface area contributed by atoms with Gasteiger partial charge in [0.1, 0.15) is 12.1 Å². The molecule has 0 radical (unpaired) electrons. The number of aliphatic hydroxyl groups excluding tert-OH is 1. The Kier molecular flexibility index (Phi) is 7.32. The zero-order valence-electron chi connectivity index (χ0n) is 20.8. The van der Waals surface area contributed by atoms with Crippen LogP contribution in [0.1, 0.15) is 24.2 Å². The second-order valence-electron chi connectivity index (χ2n) is 9.24. The highest BCUT2D eigenvalue weighted by atomic mass is 19.4. The van der Waals surface area contributed by atoms with Gasteiger partial charge in [-0.15, -0.1) is 0 Å². The van der Waals surface area contributed by atoms with Crippen LogP contribution in [0.3, 0.4) is 0 Å². The largest absolute Gasteiger partial charge is 0.465 e. The predicted octanol–water partition coefficient (Wildman–Crippen LogP) is 4.00. The Hall–Kier alpha value is -4.12. The number of nitrogens with zero attached hydrogens (tertiary/aromatic N) is 1. The van der Waals surface area contributed by atoms with Crippen molar-refractivity contribution in [3.05, 3.63) is 70.5 Å². The highest BCUT2D eigenvalue weighted by Gasteiger charge is 2.45. The van der Waals surface area contributed by atoms with Crippen LogP contribution in [0.15, 0.2) is 59.4 Å². The summed E-state index contributed by atoms with van der Waals surface area (Å²) in [6.45, 7) is 2.28. The minimum absolute atomic E-state index is 0.111. The van der Waals surface area contributed by atoms with Gasteiger partial charge in [0.25, 0.3) is 5.56 Å². The van der Waals surface area contributed by atoms with Crippen molar-refractivity contribution in [1.82, 2.24) is 14.9 Å². The van der Waals surface area contributed by atoms with Crippen LogP contribution in [0.25, 0.3) is 33.1 Å². The zero-order valence-corrected chi connectivity index (χ0v) is 20.8. The first kappa shape index (κ1) is 26.9. The molecule has 0 saturated carbocycles. The van der Waals surface area contributed by atoms with Gasteiger partial charge in [-0.3, -0.25) is 14.2 Å². The molecule has 0 aliphatic rings. The molecule has 2 unspecified atom stereocenters. The maximum absolute atomic E-state index is 13.7. The standard InChI is InChI=1S/C27H26F3N3O5/c1-14(2)21(24(35)27(28,29)30)31-20(34)13-33-19(15-8-5-4-6-9-15)12-18-16-10-7-11-17(26(37)38-3)22(16)32-23(18)25(33)36/h4-12,14,21,24,32,35H,13H2,1-3H3,(H,31,34). The quantitative estimate of drug-likeness (QED) is 0.313. The van der Waals surface area contributed by atoms with Crippen molar-refractivity contribution in [2.45, 2.75) is 38.7 Å². The van der Waals surface area contributed by atoms with E-state index in [2.05, 4.69) is 10.3 Å². The number of nitrogens with one attached hydrogen (secondary N) is 2. The first-order valence-electron chi connectivity index (χ1n) is 11.8. The van der Waals surface area contributed by atoms with Gasteiger partial charge in [0.05, 0.1) is 29.9 Å². The van der Waals surface area contributed by atoms with Gasteiger partial charge in [-0.1, -0.05) is 56.3 Å². The summed E-state index contributed by atoms with van der Waals surface area (Å²) >= 11 is 0. The molecule has 1 amide bonds. The summed E-state index contributed by atoms with van der Waals surface area (Å²) in [5.41, 5.74) is 1.03. The number of H-pyrrole nitrogens is 1. The lowest BCUT2D eigenvalue weighted by atomic mass is 9.98. The molecule has 200 valence electrons. The number of para-hydroxylation sites is 1. The lowest BCUT2D eigenvalue weighted by Gasteiger charge is -2.29. The van der Waals surface area contributed by atoms with E-state index in [0.29, 0.717) is 27.5 Å². The number of pyridine rings is 1. The molecule has 11 heteroatoms. The topological polar surface area (TPSA) is 113 Å². The van der Waals surface area contributed by atoms with E-state index in [1.54, 1.807) is 54.6 Å². The fraction of sp³-hybridized carbons (Fsp3) is 0.296. The van der Waals surface area contributed by atoms with E-state index in [4.69, 9.17) is 4.74 Å². The second kappa shape index (κ2) is 10.3. The molecular formula is C27H26F3N3O5. The van der Waals surface area contributed by atoms with Gasteiger partial charge >= 0.3 is 12.1 Å². The number of aliphatic hydroxyl groups is 1. The molecule has 38 heavy (non-hydrogen) atoms. The van der Waals surface area contributed by atoms with Crippen molar-refractivity contribution in [3.63, 3.8) is 0 Å².